The largest absolute Gasteiger partial charge is 0.144 e. The molecule has 0 atom stereocenters. The first kappa shape index (κ1) is 12.5. The van der Waals surface area contributed by atoms with Gasteiger partial charge in [0.05, 0.1) is 0 Å². The number of thiophene rings is 1. The molecule has 3 aromatic rings. The quantitative estimate of drug-likeness (QED) is 0.568. The molecule has 0 N–H and O–H groups in total. The van der Waals surface area contributed by atoms with E-state index in [1.54, 1.807) is 11.3 Å². The van der Waals surface area contributed by atoms with Crippen LogP contribution in [-0.4, -0.2) is 0 Å². The Morgan fingerprint density at radius 3 is 2.63 bits per heavy atom. The van der Waals surface area contributed by atoms with Crippen molar-refractivity contribution in [2.24, 2.45) is 0 Å². The van der Waals surface area contributed by atoms with Crippen LogP contribution in [0.2, 0.25) is 0 Å². The Kier molecular flexibility index (Phi) is 4.01. The lowest BCUT2D eigenvalue weighted by Crippen LogP contribution is -1.82. The van der Waals surface area contributed by atoms with Crippen molar-refractivity contribution in [3.63, 3.8) is 0 Å². The zero-order valence-electron chi connectivity index (χ0n) is 10.4. The van der Waals surface area contributed by atoms with E-state index in [1.807, 2.05) is 17.8 Å². The highest BCUT2D eigenvalue weighted by Crippen LogP contribution is 2.34. The molecule has 3 rings (SSSR count). The van der Waals surface area contributed by atoms with Crippen LogP contribution in [0.4, 0.5) is 0 Å². The van der Waals surface area contributed by atoms with E-state index in [2.05, 4.69) is 66.0 Å². The molecule has 0 unspecified atom stereocenters. The summed E-state index contributed by atoms with van der Waals surface area (Å²) in [6.45, 7) is 0. The van der Waals surface area contributed by atoms with Crippen molar-refractivity contribution in [1.82, 2.24) is 0 Å². The number of hydrogen-bond acceptors (Lipinski definition) is 2. The van der Waals surface area contributed by atoms with Gasteiger partial charge in [0.1, 0.15) is 0 Å². The van der Waals surface area contributed by atoms with Gasteiger partial charge in [-0.2, -0.15) is 0 Å². The smallest absolute Gasteiger partial charge is 0.0354 e. The summed E-state index contributed by atoms with van der Waals surface area (Å²) in [5.41, 5.74) is 2.64. The fraction of sp³-hybridized carbons (Fsp3) is 0.0588. The number of hydrogen-bond donors (Lipinski definition) is 0. The van der Waals surface area contributed by atoms with Crippen LogP contribution in [0.15, 0.2) is 70.9 Å². The second-order valence-electron chi connectivity index (χ2n) is 4.16. The lowest BCUT2D eigenvalue weighted by molar-refractivity contribution is 1.38. The molecule has 0 bridgehead atoms. The van der Waals surface area contributed by atoms with Crippen molar-refractivity contribution in [3.8, 4) is 10.4 Å². The maximum absolute atomic E-state index is 3.37. The minimum absolute atomic E-state index is 0.986. The van der Waals surface area contributed by atoms with E-state index < -0.39 is 0 Å². The number of thioether (sulfide) groups is 1. The van der Waals surface area contributed by atoms with Crippen LogP contribution in [0.3, 0.4) is 0 Å². The predicted octanol–water partition coefficient (Wildman–Crippen LogP) is 5.51. The Balaban J connectivity index is 1.82. The van der Waals surface area contributed by atoms with Gasteiger partial charge in [-0.25, -0.2) is 0 Å². The van der Waals surface area contributed by atoms with Crippen LogP contribution < -0.4 is 0 Å². The molecule has 1 radical (unpaired) electrons. The number of rotatable bonds is 4. The van der Waals surface area contributed by atoms with Gasteiger partial charge in [-0.3, -0.25) is 0 Å². The minimum atomic E-state index is 0.986. The van der Waals surface area contributed by atoms with Gasteiger partial charge in [0, 0.05) is 21.1 Å². The third-order valence-corrected chi connectivity index (χ3v) is 4.84. The molecule has 93 valence electrons. The maximum atomic E-state index is 3.37. The Labute approximate surface area is 122 Å². The van der Waals surface area contributed by atoms with Gasteiger partial charge < -0.3 is 0 Å². The van der Waals surface area contributed by atoms with E-state index in [-0.39, 0.29) is 0 Å². The molecule has 2 heteroatoms. The monoisotopic (exact) mass is 281 g/mol. The molecule has 1 aromatic heterocycles. The second-order valence-corrected chi connectivity index (χ2v) is 6.10. The fourth-order valence-corrected chi connectivity index (χ4v) is 3.71. The zero-order valence-corrected chi connectivity index (χ0v) is 12.0. The third-order valence-electron chi connectivity index (χ3n) is 2.83. The van der Waals surface area contributed by atoms with Crippen LogP contribution in [0, 0.1) is 6.07 Å². The normalized spacial score (nSPS) is 10.5. The van der Waals surface area contributed by atoms with Crippen molar-refractivity contribution in [2.45, 2.75) is 10.6 Å². The highest BCUT2D eigenvalue weighted by molar-refractivity contribution is 7.98. The molecular weight excluding hydrogens is 268 g/mol. The van der Waals surface area contributed by atoms with Crippen LogP contribution in [0.25, 0.3) is 10.4 Å². The highest BCUT2D eigenvalue weighted by Gasteiger charge is 2.06. The Morgan fingerprint density at radius 1 is 0.947 bits per heavy atom. The molecule has 0 amide bonds. The van der Waals surface area contributed by atoms with E-state index in [9.17, 15) is 0 Å². The van der Waals surface area contributed by atoms with Gasteiger partial charge in [-0.15, -0.1) is 23.1 Å². The molecule has 0 saturated heterocycles. The summed E-state index contributed by atoms with van der Waals surface area (Å²) in [6.07, 6.45) is 0. The van der Waals surface area contributed by atoms with Gasteiger partial charge >= 0.3 is 0 Å². The molecule has 1 heterocycles. The summed E-state index contributed by atoms with van der Waals surface area (Å²) in [5.74, 6) is 0.986. The van der Waals surface area contributed by atoms with E-state index in [0.29, 0.717) is 0 Å². The standard InChI is InChI=1S/C17H13S2/c1-2-7-14(8-3-1)13-19-17-10-5-4-9-15(17)16-11-6-12-18-16/h1-9,11-12H,13H2. The summed E-state index contributed by atoms with van der Waals surface area (Å²) >= 11 is 3.63. The molecule has 0 fully saturated rings. The zero-order chi connectivity index (χ0) is 12.9. The summed E-state index contributed by atoms with van der Waals surface area (Å²) in [6, 6.07) is 24.4. The summed E-state index contributed by atoms with van der Waals surface area (Å²) in [7, 11) is 0. The van der Waals surface area contributed by atoms with E-state index >= 15 is 0 Å². The molecule has 0 spiro atoms. The molecule has 0 aliphatic carbocycles. The molecular formula is C17H13S2. The molecule has 0 aliphatic rings. The topological polar surface area (TPSA) is 0 Å². The Bertz CT molecular complexity index is 627. The van der Waals surface area contributed by atoms with E-state index in [4.69, 9.17) is 0 Å². The van der Waals surface area contributed by atoms with Crippen LogP contribution >= 0.6 is 23.1 Å². The van der Waals surface area contributed by atoms with Crippen LogP contribution in [-0.2, 0) is 5.75 Å². The minimum Gasteiger partial charge on any atom is -0.144 e. The van der Waals surface area contributed by atoms with Crippen molar-refractivity contribution in [1.29, 1.82) is 0 Å². The molecule has 19 heavy (non-hydrogen) atoms. The molecule has 2 aromatic carbocycles. The first-order chi connectivity index (χ1) is 9.43. The van der Waals surface area contributed by atoms with E-state index in [1.165, 1.54) is 20.9 Å². The summed E-state index contributed by atoms with van der Waals surface area (Å²) in [4.78, 5) is 2.54. The fourth-order valence-electron chi connectivity index (χ4n) is 1.90. The third kappa shape index (κ3) is 3.09. The average Bonchev–Trinajstić information content (AvgIpc) is 3.01. The first-order valence-corrected chi connectivity index (χ1v) is 8.01. The lowest BCUT2D eigenvalue weighted by atomic mass is 10.2. The Morgan fingerprint density at radius 2 is 1.84 bits per heavy atom. The van der Waals surface area contributed by atoms with Gasteiger partial charge in [-0.1, -0.05) is 54.6 Å². The SMILES string of the molecule is [c]1cccc(-c2cccs2)c1SCc1ccccc1. The van der Waals surface area contributed by atoms with Gasteiger partial charge in [0.25, 0.3) is 0 Å². The highest BCUT2D eigenvalue weighted by atomic mass is 32.2. The van der Waals surface area contributed by atoms with Gasteiger partial charge in [-0.05, 0) is 23.1 Å². The molecule has 0 aliphatic heterocycles. The van der Waals surface area contributed by atoms with Crippen molar-refractivity contribution in [2.75, 3.05) is 0 Å². The van der Waals surface area contributed by atoms with Crippen molar-refractivity contribution in [3.05, 3.63) is 77.7 Å². The van der Waals surface area contributed by atoms with Crippen molar-refractivity contribution < 1.29 is 0 Å². The molecule has 0 saturated carbocycles. The summed E-state index contributed by atoms with van der Waals surface area (Å²) < 4.78 is 0. The summed E-state index contributed by atoms with van der Waals surface area (Å²) in [5, 5.41) is 2.12. The average molecular weight is 281 g/mol. The predicted molar refractivity (Wildman–Crippen MR) is 84.6 cm³/mol. The molecule has 0 nitrogen and oxygen atoms in total. The number of benzene rings is 2. The van der Waals surface area contributed by atoms with Crippen LogP contribution in [0.1, 0.15) is 5.56 Å². The lowest BCUT2D eigenvalue weighted by Gasteiger charge is -2.07. The maximum Gasteiger partial charge on any atom is 0.0354 e. The Hall–Kier alpha value is -1.51. The first-order valence-electron chi connectivity index (χ1n) is 6.15. The van der Waals surface area contributed by atoms with Gasteiger partial charge in [0.2, 0.25) is 0 Å². The van der Waals surface area contributed by atoms with Gasteiger partial charge in [0.15, 0.2) is 0 Å². The van der Waals surface area contributed by atoms with E-state index in [0.717, 1.165) is 5.75 Å². The second kappa shape index (κ2) is 6.09. The van der Waals surface area contributed by atoms with Crippen LogP contribution in [0.5, 0.6) is 0 Å². The van der Waals surface area contributed by atoms with Crippen molar-refractivity contribution >= 4 is 23.1 Å².